The van der Waals surface area contributed by atoms with Gasteiger partial charge in [-0.1, -0.05) is 84.1 Å². The molecular formula is C33H31BO2S. The Balaban J connectivity index is 1.57. The van der Waals surface area contributed by atoms with Gasteiger partial charge in [0.15, 0.2) is 0 Å². The zero-order valence-corrected chi connectivity index (χ0v) is 23.1. The molecule has 4 aromatic rings. The molecule has 0 saturated carbocycles. The highest BCUT2D eigenvalue weighted by Gasteiger charge is 2.54. The van der Waals surface area contributed by atoms with Crippen molar-refractivity contribution in [3.05, 3.63) is 112 Å². The number of hydrogen-bond acceptors (Lipinski definition) is 3. The number of aryl methyl sites for hydroxylation is 2. The third-order valence-corrected chi connectivity index (χ3v) is 10.1. The summed E-state index contributed by atoms with van der Waals surface area (Å²) in [6, 6.07) is 29.5. The SMILES string of the molecule is Cc1cc(C)c2c(c1)C1(c3ccccc3Sc3ccccc31)c1cc(B3OC(C)(C)C(C)(C)O3)ccc1-2. The molecule has 0 unspecified atom stereocenters. The van der Waals surface area contributed by atoms with Crippen molar-refractivity contribution in [1.29, 1.82) is 0 Å². The molecule has 37 heavy (non-hydrogen) atoms. The van der Waals surface area contributed by atoms with Crippen LogP contribution in [0.25, 0.3) is 11.1 Å². The molecule has 4 heteroatoms. The molecule has 0 N–H and O–H groups in total. The van der Waals surface area contributed by atoms with E-state index in [0.29, 0.717) is 0 Å². The third-order valence-electron chi connectivity index (χ3n) is 8.93. The maximum absolute atomic E-state index is 6.52. The number of hydrogen-bond donors (Lipinski definition) is 0. The molecule has 0 amide bonds. The lowest BCUT2D eigenvalue weighted by molar-refractivity contribution is 0.00578. The fraction of sp³-hybridized carbons (Fsp3) is 0.273. The van der Waals surface area contributed by atoms with Crippen LogP contribution < -0.4 is 5.46 Å². The van der Waals surface area contributed by atoms with Crippen molar-refractivity contribution in [3.63, 3.8) is 0 Å². The maximum Gasteiger partial charge on any atom is 0.494 e. The Morgan fingerprint density at radius 1 is 0.649 bits per heavy atom. The van der Waals surface area contributed by atoms with Crippen LogP contribution in [-0.2, 0) is 14.7 Å². The number of benzene rings is 4. The van der Waals surface area contributed by atoms with Crippen LogP contribution in [0.3, 0.4) is 0 Å². The quantitative estimate of drug-likeness (QED) is 0.218. The van der Waals surface area contributed by atoms with Crippen LogP contribution in [0, 0.1) is 13.8 Å². The van der Waals surface area contributed by atoms with Gasteiger partial charge in [-0.2, -0.15) is 0 Å². The smallest absolute Gasteiger partial charge is 0.399 e. The molecule has 0 aromatic heterocycles. The van der Waals surface area contributed by atoms with Crippen LogP contribution in [0.1, 0.15) is 61.1 Å². The summed E-state index contributed by atoms with van der Waals surface area (Å²) in [6.07, 6.45) is 0. The molecule has 0 atom stereocenters. The number of fused-ring (bicyclic) bond motifs is 9. The molecule has 4 aromatic carbocycles. The van der Waals surface area contributed by atoms with Gasteiger partial charge in [0.25, 0.3) is 0 Å². The molecule has 1 aliphatic carbocycles. The minimum absolute atomic E-state index is 0.383. The minimum atomic E-state index is -0.401. The summed E-state index contributed by atoms with van der Waals surface area (Å²) in [7, 11) is -0.401. The molecule has 0 bridgehead atoms. The molecule has 1 spiro atoms. The lowest BCUT2D eigenvalue weighted by Gasteiger charge is -2.40. The lowest BCUT2D eigenvalue weighted by atomic mass is 9.65. The summed E-state index contributed by atoms with van der Waals surface area (Å²) in [6.45, 7) is 13.0. The first kappa shape index (κ1) is 23.3. The van der Waals surface area contributed by atoms with Crippen molar-refractivity contribution in [2.45, 2.75) is 68.0 Å². The van der Waals surface area contributed by atoms with Gasteiger partial charge in [0.1, 0.15) is 0 Å². The first-order chi connectivity index (χ1) is 17.6. The second-order valence-electron chi connectivity index (χ2n) is 11.7. The average Bonchev–Trinajstić information content (AvgIpc) is 3.26. The van der Waals surface area contributed by atoms with Crippen molar-refractivity contribution < 1.29 is 9.31 Å². The highest BCUT2D eigenvalue weighted by molar-refractivity contribution is 7.99. The molecule has 2 aliphatic heterocycles. The van der Waals surface area contributed by atoms with E-state index >= 15 is 0 Å². The van der Waals surface area contributed by atoms with Crippen molar-refractivity contribution in [1.82, 2.24) is 0 Å². The first-order valence-electron chi connectivity index (χ1n) is 13.1. The van der Waals surface area contributed by atoms with Gasteiger partial charge in [-0.15, -0.1) is 0 Å². The normalized spacial score (nSPS) is 19.4. The zero-order chi connectivity index (χ0) is 25.7. The predicted molar refractivity (Wildman–Crippen MR) is 153 cm³/mol. The third kappa shape index (κ3) is 3.04. The molecule has 2 nitrogen and oxygen atoms in total. The molecule has 184 valence electrons. The van der Waals surface area contributed by atoms with Gasteiger partial charge in [0, 0.05) is 9.79 Å². The van der Waals surface area contributed by atoms with Crippen LogP contribution in [0.2, 0.25) is 0 Å². The molecule has 3 aliphatic rings. The largest absolute Gasteiger partial charge is 0.494 e. The van der Waals surface area contributed by atoms with Crippen molar-refractivity contribution in [2.24, 2.45) is 0 Å². The Morgan fingerprint density at radius 3 is 1.86 bits per heavy atom. The standard InChI is InChI=1S/C33H31BO2S/c1-20-17-21(2)30-23-16-15-22(34-35-31(3,4)32(5,6)36-34)19-26(23)33(27(30)18-20)24-11-7-9-13-28(24)37-29-14-10-8-12-25(29)33/h7-19H,1-6H3. The molecule has 0 radical (unpaired) electrons. The van der Waals surface area contributed by atoms with E-state index in [4.69, 9.17) is 9.31 Å². The molecule has 7 rings (SSSR count). The molecule has 1 saturated heterocycles. The minimum Gasteiger partial charge on any atom is -0.399 e. The van der Waals surface area contributed by atoms with Crippen molar-refractivity contribution in [2.75, 3.05) is 0 Å². The average molecular weight is 502 g/mol. The van der Waals surface area contributed by atoms with Crippen molar-refractivity contribution in [3.8, 4) is 11.1 Å². The lowest BCUT2D eigenvalue weighted by Crippen LogP contribution is -2.41. The highest BCUT2D eigenvalue weighted by Crippen LogP contribution is 2.62. The van der Waals surface area contributed by atoms with Gasteiger partial charge in [0.2, 0.25) is 0 Å². The van der Waals surface area contributed by atoms with E-state index < -0.39 is 7.12 Å². The molecular weight excluding hydrogens is 471 g/mol. The maximum atomic E-state index is 6.52. The van der Waals surface area contributed by atoms with E-state index in [1.807, 2.05) is 11.8 Å². The van der Waals surface area contributed by atoms with Crippen LogP contribution in [0.4, 0.5) is 0 Å². The number of rotatable bonds is 1. The van der Waals surface area contributed by atoms with E-state index in [9.17, 15) is 0 Å². The van der Waals surface area contributed by atoms with E-state index in [0.717, 1.165) is 5.46 Å². The van der Waals surface area contributed by atoms with Gasteiger partial charge in [0.05, 0.1) is 16.6 Å². The Bertz CT molecular complexity index is 1540. The first-order valence-corrected chi connectivity index (χ1v) is 13.9. The monoisotopic (exact) mass is 502 g/mol. The summed E-state index contributed by atoms with van der Waals surface area (Å²) >= 11 is 1.88. The van der Waals surface area contributed by atoms with Crippen LogP contribution in [0.15, 0.2) is 88.7 Å². The van der Waals surface area contributed by atoms with Gasteiger partial charge < -0.3 is 9.31 Å². The van der Waals surface area contributed by atoms with Gasteiger partial charge in [-0.25, -0.2) is 0 Å². The fourth-order valence-corrected chi connectivity index (χ4v) is 7.75. The van der Waals surface area contributed by atoms with Gasteiger partial charge in [-0.05, 0) is 98.1 Å². The van der Waals surface area contributed by atoms with E-state index in [2.05, 4.69) is 120 Å². The van der Waals surface area contributed by atoms with E-state index in [1.54, 1.807) is 0 Å². The Morgan fingerprint density at radius 2 is 1.24 bits per heavy atom. The summed E-state index contributed by atoms with van der Waals surface area (Å²) in [5, 5.41) is 0. The summed E-state index contributed by atoms with van der Waals surface area (Å²) < 4.78 is 13.0. The molecule has 2 heterocycles. The van der Waals surface area contributed by atoms with Crippen LogP contribution >= 0.6 is 11.8 Å². The van der Waals surface area contributed by atoms with Crippen molar-refractivity contribution >= 4 is 24.3 Å². The Kier molecular flexibility index (Phi) is 4.81. The molecule has 1 fully saturated rings. The second-order valence-corrected chi connectivity index (χ2v) is 12.8. The fourth-order valence-electron chi connectivity index (χ4n) is 6.56. The van der Waals surface area contributed by atoms with Crippen LogP contribution in [0.5, 0.6) is 0 Å². The predicted octanol–water partition coefficient (Wildman–Crippen LogP) is 7.43. The summed E-state index contributed by atoms with van der Waals surface area (Å²) in [5.41, 5.74) is 10.6. The Labute approximate surface area is 224 Å². The highest BCUT2D eigenvalue weighted by atomic mass is 32.2. The second kappa shape index (κ2) is 7.63. The van der Waals surface area contributed by atoms with Gasteiger partial charge in [-0.3, -0.25) is 0 Å². The van der Waals surface area contributed by atoms with E-state index in [1.165, 1.54) is 54.3 Å². The van der Waals surface area contributed by atoms with Crippen LogP contribution in [-0.4, -0.2) is 18.3 Å². The summed E-state index contributed by atoms with van der Waals surface area (Å²) in [5.74, 6) is 0. The van der Waals surface area contributed by atoms with Gasteiger partial charge >= 0.3 is 7.12 Å². The zero-order valence-electron chi connectivity index (χ0n) is 22.3. The Hall–Kier alpha value is -2.79. The topological polar surface area (TPSA) is 18.5 Å². The summed E-state index contributed by atoms with van der Waals surface area (Å²) in [4.78, 5) is 2.64. The van der Waals surface area contributed by atoms with E-state index in [-0.39, 0.29) is 16.6 Å².